The van der Waals surface area contributed by atoms with E-state index in [9.17, 15) is 0 Å². The molecule has 0 spiro atoms. The Bertz CT molecular complexity index is 507. The summed E-state index contributed by atoms with van der Waals surface area (Å²) in [5.41, 5.74) is 0. The van der Waals surface area contributed by atoms with Crippen molar-refractivity contribution in [3.8, 4) is 11.6 Å². The second-order valence-electron chi connectivity index (χ2n) is 5.13. The predicted molar refractivity (Wildman–Crippen MR) is 70.5 cm³/mol. The van der Waals surface area contributed by atoms with E-state index < -0.39 is 0 Å². The molecule has 1 N–H and O–H groups in total. The largest absolute Gasteiger partial charge is 0.461 e. The summed E-state index contributed by atoms with van der Waals surface area (Å²) in [5.74, 6) is 2.49. The fourth-order valence-electron chi connectivity index (χ4n) is 2.90. The molecule has 0 aromatic carbocycles. The molecule has 102 valence electrons. The van der Waals surface area contributed by atoms with Crippen LogP contribution >= 0.6 is 0 Å². The van der Waals surface area contributed by atoms with Crippen molar-refractivity contribution in [2.75, 3.05) is 7.05 Å². The average molecular weight is 261 g/mol. The van der Waals surface area contributed by atoms with Crippen molar-refractivity contribution in [1.82, 2.24) is 15.5 Å². The van der Waals surface area contributed by atoms with Gasteiger partial charge in [0.25, 0.3) is 0 Å². The van der Waals surface area contributed by atoms with Gasteiger partial charge in [-0.3, -0.25) is 0 Å². The molecule has 1 fully saturated rings. The maximum atomic E-state index is 5.34. The lowest BCUT2D eigenvalue weighted by Gasteiger charge is -2.30. The van der Waals surface area contributed by atoms with E-state index in [4.69, 9.17) is 8.94 Å². The third-order valence-electron chi connectivity index (χ3n) is 3.93. The van der Waals surface area contributed by atoms with E-state index in [1.807, 2.05) is 19.2 Å². The summed E-state index contributed by atoms with van der Waals surface area (Å²) in [7, 11) is 2.03. The number of nitrogens with one attached hydrogen (secondary N) is 1. The van der Waals surface area contributed by atoms with Gasteiger partial charge in [-0.1, -0.05) is 18.0 Å². The highest BCUT2D eigenvalue weighted by atomic mass is 16.5. The Morgan fingerprint density at radius 1 is 1.37 bits per heavy atom. The molecule has 2 aromatic heterocycles. The minimum Gasteiger partial charge on any atom is -0.461 e. The number of hydrogen-bond acceptors (Lipinski definition) is 5. The zero-order valence-corrected chi connectivity index (χ0v) is 11.1. The summed E-state index contributed by atoms with van der Waals surface area (Å²) in [6, 6.07) is 4.22. The molecule has 0 saturated heterocycles. The first-order chi connectivity index (χ1) is 9.36. The quantitative estimate of drug-likeness (QED) is 0.916. The van der Waals surface area contributed by atoms with Gasteiger partial charge in [-0.25, -0.2) is 0 Å². The second-order valence-corrected chi connectivity index (χ2v) is 5.13. The van der Waals surface area contributed by atoms with E-state index in [0.717, 1.165) is 6.42 Å². The first kappa shape index (κ1) is 12.4. The Hall–Kier alpha value is -1.62. The molecule has 2 heterocycles. The normalized spacial score (nSPS) is 23.6. The Kier molecular flexibility index (Phi) is 3.64. The van der Waals surface area contributed by atoms with Crippen LogP contribution in [0.3, 0.4) is 0 Å². The molecule has 3 rings (SSSR count). The number of aromatic nitrogens is 2. The van der Waals surface area contributed by atoms with Crippen molar-refractivity contribution < 1.29 is 8.94 Å². The third kappa shape index (κ3) is 2.71. The summed E-state index contributed by atoms with van der Waals surface area (Å²) in [6.45, 7) is 0. The van der Waals surface area contributed by atoms with Crippen LogP contribution in [0.25, 0.3) is 11.6 Å². The van der Waals surface area contributed by atoms with Crippen LogP contribution in [0.1, 0.15) is 31.6 Å². The lowest BCUT2D eigenvalue weighted by molar-refractivity contribution is 0.248. The zero-order valence-electron chi connectivity index (χ0n) is 11.1. The first-order valence-corrected chi connectivity index (χ1v) is 6.90. The summed E-state index contributed by atoms with van der Waals surface area (Å²) in [4.78, 5) is 4.42. The highest BCUT2D eigenvalue weighted by molar-refractivity contribution is 5.44. The van der Waals surface area contributed by atoms with E-state index in [2.05, 4.69) is 15.5 Å². The van der Waals surface area contributed by atoms with Crippen molar-refractivity contribution in [2.24, 2.45) is 5.92 Å². The van der Waals surface area contributed by atoms with Gasteiger partial charge in [-0.15, -0.1) is 0 Å². The Morgan fingerprint density at radius 3 is 3.05 bits per heavy atom. The van der Waals surface area contributed by atoms with Crippen LogP contribution in [0.15, 0.2) is 27.3 Å². The number of nitrogens with zero attached hydrogens (tertiary/aromatic N) is 2. The second kappa shape index (κ2) is 5.57. The molecule has 5 nitrogen and oxygen atoms in total. The fraction of sp³-hybridized carbons (Fsp3) is 0.571. The molecule has 0 amide bonds. The molecule has 2 aromatic rings. The Labute approximate surface area is 112 Å². The molecule has 5 heteroatoms. The average Bonchev–Trinajstić information content (AvgIpc) is 3.09. The number of furan rings is 1. The van der Waals surface area contributed by atoms with Gasteiger partial charge >= 0.3 is 0 Å². The van der Waals surface area contributed by atoms with Crippen molar-refractivity contribution in [3.63, 3.8) is 0 Å². The van der Waals surface area contributed by atoms with Crippen LogP contribution in [-0.2, 0) is 6.42 Å². The molecule has 2 unspecified atom stereocenters. The maximum Gasteiger partial charge on any atom is 0.238 e. The summed E-state index contributed by atoms with van der Waals surface area (Å²) >= 11 is 0. The molecule has 1 aliphatic rings. The van der Waals surface area contributed by atoms with Gasteiger partial charge < -0.3 is 14.3 Å². The van der Waals surface area contributed by atoms with Crippen molar-refractivity contribution in [1.29, 1.82) is 0 Å². The summed E-state index contributed by atoms with van der Waals surface area (Å²) < 4.78 is 10.6. The SMILES string of the molecule is CNC1CCCCC1Cc1nc(-c2ccco2)no1. The molecule has 1 saturated carbocycles. The molecule has 0 bridgehead atoms. The molecule has 0 aliphatic heterocycles. The van der Waals surface area contributed by atoms with Crippen LogP contribution in [0.5, 0.6) is 0 Å². The lowest BCUT2D eigenvalue weighted by atomic mass is 9.82. The van der Waals surface area contributed by atoms with Gasteiger partial charge in [0.1, 0.15) is 0 Å². The smallest absolute Gasteiger partial charge is 0.238 e. The van der Waals surface area contributed by atoms with Gasteiger partial charge in [-0.2, -0.15) is 4.98 Å². The summed E-state index contributed by atoms with van der Waals surface area (Å²) in [5, 5.41) is 7.37. The molecule has 0 radical (unpaired) electrons. The number of rotatable bonds is 4. The third-order valence-corrected chi connectivity index (χ3v) is 3.93. The van der Waals surface area contributed by atoms with E-state index in [1.165, 1.54) is 25.7 Å². The monoisotopic (exact) mass is 261 g/mol. The van der Waals surface area contributed by atoms with E-state index in [-0.39, 0.29) is 0 Å². The topological polar surface area (TPSA) is 64.1 Å². The van der Waals surface area contributed by atoms with Crippen LogP contribution in [0.2, 0.25) is 0 Å². The van der Waals surface area contributed by atoms with Crippen molar-refractivity contribution >= 4 is 0 Å². The van der Waals surface area contributed by atoms with Gasteiger partial charge in [0, 0.05) is 12.5 Å². The highest BCUT2D eigenvalue weighted by Crippen LogP contribution is 2.27. The highest BCUT2D eigenvalue weighted by Gasteiger charge is 2.26. The van der Waals surface area contributed by atoms with E-state index >= 15 is 0 Å². The summed E-state index contributed by atoms with van der Waals surface area (Å²) in [6.07, 6.45) is 7.53. The Balaban J connectivity index is 1.69. The predicted octanol–water partition coefficient (Wildman–Crippen LogP) is 2.65. The van der Waals surface area contributed by atoms with Gasteiger partial charge in [0.05, 0.1) is 6.26 Å². The standard InChI is InChI=1S/C14H19N3O2/c1-15-11-6-3-2-5-10(11)9-13-16-14(17-19-13)12-7-4-8-18-12/h4,7-8,10-11,15H,2-3,5-6,9H2,1H3. The lowest BCUT2D eigenvalue weighted by Crippen LogP contribution is -2.37. The van der Waals surface area contributed by atoms with Gasteiger partial charge in [-0.05, 0) is 37.9 Å². The van der Waals surface area contributed by atoms with Crippen molar-refractivity contribution in [2.45, 2.75) is 38.1 Å². The molecule has 2 atom stereocenters. The molecular formula is C14H19N3O2. The molecule has 19 heavy (non-hydrogen) atoms. The van der Waals surface area contributed by atoms with Gasteiger partial charge in [0.2, 0.25) is 11.7 Å². The first-order valence-electron chi connectivity index (χ1n) is 6.90. The minimum absolute atomic E-state index is 0.539. The fourth-order valence-corrected chi connectivity index (χ4v) is 2.90. The van der Waals surface area contributed by atoms with Crippen molar-refractivity contribution in [3.05, 3.63) is 24.3 Å². The zero-order chi connectivity index (χ0) is 13.1. The van der Waals surface area contributed by atoms with Crippen LogP contribution < -0.4 is 5.32 Å². The van der Waals surface area contributed by atoms with Crippen LogP contribution in [0.4, 0.5) is 0 Å². The van der Waals surface area contributed by atoms with E-state index in [1.54, 1.807) is 6.26 Å². The van der Waals surface area contributed by atoms with Gasteiger partial charge in [0.15, 0.2) is 5.76 Å². The Morgan fingerprint density at radius 2 is 2.26 bits per heavy atom. The molecular weight excluding hydrogens is 242 g/mol. The van der Waals surface area contributed by atoms with Crippen LogP contribution in [-0.4, -0.2) is 23.2 Å². The molecule has 1 aliphatic carbocycles. The van der Waals surface area contributed by atoms with E-state index in [0.29, 0.717) is 29.4 Å². The minimum atomic E-state index is 0.539. The maximum absolute atomic E-state index is 5.34. The van der Waals surface area contributed by atoms with Crippen LogP contribution in [0, 0.1) is 5.92 Å². The number of hydrogen-bond donors (Lipinski definition) is 1.